The van der Waals surface area contributed by atoms with Crippen LogP contribution in [0.25, 0.3) is 22.0 Å². The fourth-order valence-electron chi connectivity index (χ4n) is 4.54. The molecule has 0 spiro atoms. The van der Waals surface area contributed by atoms with Crippen LogP contribution in [0.3, 0.4) is 0 Å². The van der Waals surface area contributed by atoms with E-state index in [1.165, 1.54) is 13.2 Å². The van der Waals surface area contributed by atoms with Crippen LogP contribution < -0.4 is 23.7 Å². The Morgan fingerprint density at radius 1 is 0.850 bits per heavy atom. The predicted molar refractivity (Wildman–Crippen MR) is 139 cm³/mol. The van der Waals surface area contributed by atoms with Gasteiger partial charge < -0.3 is 43.6 Å². The normalized spacial score (nSPS) is 11.8. The molecule has 0 unspecified atom stereocenters. The summed E-state index contributed by atoms with van der Waals surface area (Å²) in [6.07, 6.45) is 0. The average Bonchev–Trinajstić information content (AvgIpc) is 3.53. The molecule has 1 aromatic heterocycles. The third-order valence-corrected chi connectivity index (χ3v) is 6.21. The maximum Gasteiger partial charge on any atom is 0.353 e. The predicted octanol–water partition coefficient (Wildman–Crippen LogP) is 3.72. The minimum Gasteiger partial charge on any atom is -0.497 e. The summed E-state index contributed by atoms with van der Waals surface area (Å²) in [6.45, 7) is -1.15. The van der Waals surface area contributed by atoms with E-state index in [4.69, 9.17) is 33.9 Å². The highest BCUT2D eigenvalue weighted by molar-refractivity contribution is 6.08. The number of hydrogen-bond acceptors (Lipinski definition) is 8. The Morgan fingerprint density at radius 3 is 2.30 bits per heavy atom. The van der Waals surface area contributed by atoms with Gasteiger partial charge in [-0.25, -0.2) is 14.4 Å². The second kappa shape index (κ2) is 10.8. The van der Waals surface area contributed by atoms with Crippen LogP contribution in [0.2, 0.25) is 0 Å². The lowest BCUT2D eigenvalue weighted by molar-refractivity contribution is -0.140. The summed E-state index contributed by atoms with van der Waals surface area (Å²) in [5.74, 6) is -1.70. The molecule has 0 radical (unpaired) electrons. The van der Waals surface area contributed by atoms with Gasteiger partial charge in [0, 0.05) is 28.1 Å². The van der Waals surface area contributed by atoms with E-state index in [0.717, 1.165) is 0 Å². The van der Waals surface area contributed by atoms with Crippen molar-refractivity contribution in [1.82, 2.24) is 4.57 Å². The Morgan fingerprint density at radius 2 is 1.57 bits per heavy atom. The molecule has 0 aliphatic carbocycles. The maximum absolute atomic E-state index is 12.8. The molecular weight excluding hydrogens is 526 g/mol. The Balaban J connectivity index is 1.70. The van der Waals surface area contributed by atoms with Gasteiger partial charge in [-0.1, -0.05) is 6.07 Å². The van der Waals surface area contributed by atoms with Crippen molar-refractivity contribution in [3.05, 3.63) is 65.9 Å². The molecule has 0 amide bonds. The fraction of sp³-hybridized carbons (Fsp3) is 0.179. The van der Waals surface area contributed by atoms with Crippen LogP contribution in [0.4, 0.5) is 0 Å². The van der Waals surface area contributed by atoms with Crippen LogP contribution in [0.15, 0.2) is 54.6 Å². The second-order valence-corrected chi connectivity index (χ2v) is 8.70. The summed E-state index contributed by atoms with van der Waals surface area (Å²) in [5, 5.41) is 29.1. The summed E-state index contributed by atoms with van der Waals surface area (Å²) in [5.41, 5.74) is 1.82. The number of benzene rings is 3. The molecule has 2 heterocycles. The van der Waals surface area contributed by atoms with Crippen molar-refractivity contribution in [3.63, 3.8) is 0 Å². The molecule has 0 atom stereocenters. The lowest BCUT2D eigenvalue weighted by atomic mass is 10.0. The third-order valence-electron chi connectivity index (χ3n) is 6.21. The number of aromatic nitrogens is 1. The van der Waals surface area contributed by atoms with Gasteiger partial charge in [-0.15, -0.1) is 0 Å². The molecule has 0 saturated heterocycles. The number of fused-ring (bicyclic) bond motifs is 2. The molecule has 3 N–H and O–H groups in total. The van der Waals surface area contributed by atoms with Crippen molar-refractivity contribution in [2.45, 2.75) is 6.54 Å². The number of rotatable bonds is 11. The first-order valence-corrected chi connectivity index (χ1v) is 11.9. The molecule has 206 valence electrons. The van der Waals surface area contributed by atoms with Gasteiger partial charge in [0.05, 0.1) is 13.7 Å². The average molecular weight is 549 g/mol. The highest BCUT2D eigenvalue weighted by atomic mass is 16.7. The fourth-order valence-corrected chi connectivity index (χ4v) is 4.54. The summed E-state index contributed by atoms with van der Waals surface area (Å²) in [6, 6.07) is 14.7. The molecular formula is C28H23NO11. The Kier molecular flexibility index (Phi) is 7.06. The van der Waals surface area contributed by atoms with Crippen LogP contribution >= 0.6 is 0 Å². The number of ether oxygens (including phenoxy) is 5. The first-order valence-electron chi connectivity index (χ1n) is 11.9. The largest absolute Gasteiger partial charge is 0.497 e. The zero-order valence-corrected chi connectivity index (χ0v) is 21.1. The number of carboxylic acids is 3. The molecule has 0 fully saturated rings. The molecule has 40 heavy (non-hydrogen) atoms. The molecule has 4 aromatic rings. The first kappa shape index (κ1) is 26.2. The van der Waals surface area contributed by atoms with E-state index in [1.54, 1.807) is 53.1 Å². The number of carbonyl (C=O) groups is 3. The first-order chi connectivity index (χ1) is 19.2. The number of methoxy groups -OCH3 is 1. The molecule has 5 rings (SSSR count). The molecule has 12 heteroatoms. The molecule has 3 aromatic carbocycles. The molecule has 0 saturated carbocycles. The van der Waals surface area contributed by atoms with Gasteiger partial charge in [-0.3, -0.25) is 0 Å². The molecule has 1 aliphatic heterocycles. The van der Waals surface area contributed by atoms with E-state index in [9.17, 15) is 19.5 Å². The smallest absolute Gasteiger partial charge is 0.353 e. The molecule has 1 aliphatic rings. The lowest BCUT2D eigenvalue weighted by Crippen LogP contribution is -2.14. The summed E-state index contributed by atoms with van der Waals surface area (Å²) < 4.78 is 28.6. The summed E-state index contributed by atoms with van der Waals surface area (Å²) in [7, 11) is 1.46. The topological polar surface area (TPSA) is 163 Å². The van der Waals surface area contributed by atoms with Crippen LogP contribution in [-0.4, -0.2) is 64.9 Å². The van der Waals surface area contributed by atoms with Crippen LogP contribution in [0.1, 0.15) is 16.1 Å². The van der Waals surface area contributed by atoms with Gasteiger partial charge >= 0.3 is 17.9 Å². The zero-order chi connectivity index (χ0) is 28.4. The van der Waals surface area contributed by atoms with Crippen molar-refractivity contribution in [2.24, 2.45) is 0 Å². The van der Waals surface area contributed by atoms with Crippen molar-refractivity contribution in [3.8, 4) is 39.9 Å². The van der Waals surface area contributed by atoms with Gasteiger partial charge in [0.2, 0.25) is 6.79 Å². The molecule has 0 bridgehead atoms. The van der Waals surface area contributed by atoms with Crippen molar-refractivity contribution < 1.29 is 53.4 Å². The van der Waals surface area contributed by atoms with Gasteiger partial charge in [-0.2, -0.15) is 0 Å². The second-order valence-electron chi connectivity index (χ2n) is 8.70. The SMILES string of the molecule is COc1ccc(Cn2c(C(=O)O)c(-c3ccc4c(c3)OCO4)c3cc(OCC(=O)O)ccc32)c(OCC(=O)O)c1. The van der Waals surface area contributed by atoms with E-state index < -0.39 is 31.1 Å². The van der Waals surface area contributed by atoms with E-state index >= 15 is 0 Å². The maximum atomic E-state index is 12.8. The minimum absolute atomic E-state index is 0.00301. The van der Waals surface area contributed by atoms with Crippen LogP contribution in [0.5, 0.6) is 28.7 Å². The number of carboxylic acid groups (broad SMARTS) is 3. The lowest BCUT2D eigenvalue weighted by Gasteiger charge is -2.15. The quantitative estimate of drug-likeness (QED) is 0.250. The summed E-state index contributed by atoms with van der Waals surface area (Å²) in [4.78, 5) is 35.0. The van der Waals surface area contributed by atoms with Gasteiger partial charge in [0.15, 0.2) is 24.7 Å². The Labute approximate surface area is 226 Å². The van der Waals surface area contributed by atoms with E-state index in [-0.39, 0.29) is 30.5 Å². The monoisotopic (exact) mass is 549 g/mol. The molecule has 12 nitrogen and oxygen atoms in total. The van der Waals surface area contributed by atoms with Crippen LogP contribution in [0, 0.1) is 0 Å². The Hall–Kier alpha value is -5.39. The number of aliphatic carboxylic acids is 2. The number of aromatic carboxylic acids is 1. The Bertz CT molecular complexity index is 1640. The van der Waals surface area contributed by atoms with Crippen LogP contribution in [-0.2, 0) is 16.1 Å². The van der Waals surface area contributed by atoms with Crippen molar-refractivity contribution in [2.75, 3.05) is 27.1 Å². The highest BCUT2D eigenvalue weighted by Crippen LogP contribution is 2.42. The van der Waals surface area contributed by atoms with E-state index in [1.807, 2.05) is 0 Å². The number of hydrogen-bond donors (Lipinski definition) is 3. The van der Waals surface area contributed by atoms with Crippen molar-refractivity contribution in [1.29, 1.82) is 0 Å². The van der Waals surface area contributed by atoms with Crippen molar-refractivity contribution >= 4 is 28.8 Å². The van der Waals surface area contributed by atoms with Gasteiger partial charge in [0.25, 0.3) is 0 Å². The summed E-state index contributed by atoms with van der Waals surface area (Å²) >= 11 is 0. The van der Waals surface area contributed by atoms with Gasteiger partial charge in [-0.05, 0) is 48.0 Å². The van der Waals surface area contributed by atoms with E-state index in [2.05, 4.69) is 0 Å². The zero-order valence-electron chi connectivity index (χ0n) is 21.1. The highest BCUT2D eigenvalue weighted by Gasteiger charge is 2.27. The standard InChI is InChI=1S/C28H23NO11/c1-36-17-4-2-16(22(10-17)38-13-25(32)33)11-29-20-6-5-18(37-12-24(30)31)9-19(20)26(27(29)28(34)35)15-3-7-21-23(8-15)40-14-39-21/h2-10H,11-14H2,1H3,(H,30,31)(H,32,33)(H,34,35). The number of nitrogens with zero attached hydrogens (tertiary/aromatic N) is 1. The van der Waals surface area contributed by atoms with E-state index in [0.29, 0.717) is 44.8 Å². The van der Waals surface area contributed by atoms with Gasteiger partial charge in [0.1, 0.15) is 22.9 Å². The third kappa shape index (κ3) is 5.14. The minimum atomic E-state index is -1.22.